The summed E-state index contributed by atoms with van der Waals surface area (Å²) in [7, 11) is 4.20. The third-order valence-electron chi connectivity index (χ3n) is 7.41. The zero-order valence-electron chi connectivity index (χ0n) is 24.8. The molecule has 2 amide bonds. The van der Waals surface area contributed by atoms with Gasteiger partial charge in [0.15, 0.2) is 0 Å². The van der Waals surface area contributed by atoms with Crippen LogP contribution in [0.15, 0.2) is 58.1 Å². The van der Waals surface area contributed by atoms with Crippen molar-refractivity contribution in [3.05, 3.63) is 90.5 Å². The van der Waals surface area contributed by atoms with Gasteiger partial charge in [0.2, 0.25) is 11.8 Å². The molecule has 4 rings (SSSR count). The molecule has 4 aromatic rings. The van der Waals surface area contributed by atoms with Crippen LogP contribution in [0.5, 0.6) is 5.88 Å². The fraction of sp³-hybridized carbons (Fsp3) is 0.258. The van der Waals surface area contributed by atoms with E-state index in [0.717, 1.165) is 14.7 Å². The summed E-state index contributed by atoms with van der Waals surface area (Å²) in [5, 5.41) is 3.71. The van der Waals surface area contributed by atoms with Gasteiger partial charge in [0.25, 0.3) is 11.5 Å². The number of hydrogen-bond donors (Lipinski definition) is 3. The average Bonchev–Trinajstić information content (AvgIpc) is 2.98. The number of pyridine rings is 1. The van der Waals surface area contributed by atoms with Gasteiger partial charge in [0, 0.05) is 55.0 Å². The van der Waals surface area contributed by atoms with E-state index in [0.29, 0.717) is 46.4 Å². The molecule has 0 aliphatic rings. The molecule has 230 valence electrons. The van der Waals surface area contributed by atoms with Crippen LogP contribution in [-0.2, 0) is 25.4 Å². The topological polar surface area (TPSA) is 164 Å². The average molecular weight is 640 g/mol. The Labute approximate surface area is 263 Å². The minimum atomic E-state index is -0.993. The molecule has 0 saturated heterocycles. The van der Waals surface area contributed by atoms with Crippen molar-refractivity contribution in [2.24, 2.45) is 31.0 Å². The molecule has 11 nitrogen and oxygen atoms in total. The lowest BCUT2D eigenvalue weighted by molar-refractivity contribution is -0.125. The van der Waals surface area contributed by atoms with Gasteiger partial charge in [-0.3, -0.25) is 23.5 Å². The third-order valence-corrected chi connectivity index (χ3v) is 8.23. The molecule has 0 saturated carbocycles. The van der Waals surface area contributed by atoms with Gasteiger partial charge in [-0.2, -0.15) is 0 Å². The Bertz CT molecular complexity index is 1920. The van der Waals surface area contributed by atoms with Crippen LogP contribution in [0.1, 0.15) is 29.8 Å². The van der Waals surface area contributed by atoms with Crippen LogP contribution in [0.25, 0.3) is 33.6 Å². The monoisotopic (exact) mass is 638 g/mol. The van der Waals surface area contributed by atoms with Crippen LogP contribution in [-0.4, -0.2) is 39.6 Å². The summed E-state index contributed by atoms with van der Waals surface area (Å²) < 4.78 is 7.52. The molecule has 0 spiro atoms. The lowest BCUT2D eigenvalue weighted by Gasteiger charge is -2.21. The van der Waals surface area contributed by atoms with Gasteiger partial charge in [-0.15, -0.1) is 0 Å². The summed E-state index contributed by atoms with van der Waals surface area (Å²) in [5.74, 6) is -1.03. The van der Waals surface area contributed by atoms with E-state index in [4.69, 9.17) is 39.4 Å². The Morgan fingerprint density at radius 3 is 2.05 bits per heavy atom. The van der Waals surface area contributed by atoms with Crippen molar-refractivity contribution in [2.75, 3.05) is 13.7 Å². The van der Waals surface area contributed by atoms with Crippen molar-refractivity contribution in [2.45, 2.75) is 20.4 Å². The number of amides is 2. The molecule has 0 bridgehead atoms. The summed E-state index contributed by atoms with van der Waals surface area (Å²) in [6, 6.07) is 14.0. The summed E-state index contributed by atoms with van der Waals surface area (Å²) in [6.07, 6.45) is 0. The van der Waals surface area contributed by atoms with Crippen LogP contribution in [0.4, 0.5) is 0 Å². The number of benzene rings is 2. The number of carbonyl (C=O) groups excluding carboxylic acids is 2. The Hall–Kier alpha value is -4.45. The first kappa shape index (κ1) is 32.5. The van der Waals surface area contributed by atoms with Crippen LogP contribution >= 0.6 is 23.2 Å². The predicted molar refractivity (Wildman–Crippen MR) is 171 cm³/mol. The number of methoxy groups -OCH3 is 1. The summed E-state index contributed by atoms with van der Waals surface area (Å²) in [4.78, 5) is 54.3. The van der Waals surface area contributed by atoms with Crippen molar-refractivity contribution in [3.8, 4) is 39.5 Å². The summed E-state index contributed by atoms with van der Waals surface area (Å²) in [5.41, 5.74) is 11.7. The maximum Gasteiger partial charge on any atom is 0.330 e. The molecule has 2 aromatic carbocycles. The largest absolute Gasteiger partial charge is 0.481 e. The van der Waals surface area contributed by atoms with Gasteiger partial charge >= 0.3 is 5.69 Å². The van der Waals surface area contributed by atoms with Crippen LogP contribution in [0.3, 0.4) is 0 Å². The van der Waals surface area contributed by atoms with Gasteiger partial charge in [-0.25, -0.2) is 9.78 Å². The van der Waals surface area contributed by atoms with E-state index in [1.807, 2.05) is 6.07 Å². The van der Waals surface area contributed by atoms with Crippen LogP contribution in [0, 0.1) is 5.41 Å². The third kappa shape index (κ3) is 5.99. The highest BCUT2D eigenvalue weighted by Gasteiger charge is 2.26. The number of nitrogens with zero attached hydrogens (tertiary/aromatic N) is 3. The van der Waals surface area contributed by atoms with Crippen molar-refractivity contribution in [1.82, 2.24) is 19.4 Å². The number of nitrogens with two attached hydrogens (primary N) is 2. The first-order valence-corrected chi connectivity index (χ1v) is 14.2. The second kappa shape index (κ2) is 12.7. The SMILES string of the molecule is COc1nc(-c2cccc(-c3cccc(-c4c(C(N)=O)c(=O)n(C)c(=O)n4C)c3Cl)c2Cl)ccc1CNCC(C)(C)C(N)=O. The van der Waals surface area contributed by atoms with E-state index in [9.17, 15) is 19.2 Å². The first-order chi connectivity index (χ1) is 20.7. The van der Waals surface area contributed by atoms with Gasteiger partial charge in [-0.05, 0) is 19.9 Å². The minimum Gasteiger partial charge on any atom is -0.481 e. The minimum absolute atomic E-state index is 0.000422. The van der Waals surface area contributed by atoms with Gasteiger partial charge in [0.05, 0.1) is 34.0 Å². The summed E-state index contributed by atoms with van der Waals surface area (Å²) in [6.45, 7) is 4.28. The normalized spacial score (nSPS) is 11.4. The highest BCUT2D eigenvalue weighted by molar-refractivity contribution is 6.39. The smallest absolute Gasteiger partial charge is 0.330 e. The fourth-order valence-corrected chi connectivity index (χ4v) is 5.41. The lowest BCUT2D eigenvalue weighted by atomic mass is 9.93. The Kier molecular flexibility index (Phi) is 9.33. The number of hydrogen-bond acceptors (Lipinski definition) is 7. The van der Waals surface area contributed by atoms with Gasteiger partial charge in [0.1, 0.15) is 5.56 Å². The predicted octanol–water partition coefficient (Wildman–Crippen LogP) is 3.50. The van der Waals surface area contributed by atoms with Crippen molar-refractivity contribution in [1.29, 1.82) is 0 Å². The Balaban J connectivity index is 1.78. The van der Waals surface area contributed by atoms with Crippen molar-refractivity contribution in [3.63, 3.8) is 0 Å². The fourth-order valence-electron chi connectivity index (χ4n) is 4.77. The molecular formula is C31H32Cl2N6O5. The molecule has 0 radical (unpaired) electrons. The molecule has 0 fully saturated rings. The zero-order valence-corrected chi connectivity index (χ0v) is 26.3. The second-order valence-electron chi connectivity index (χ2n) is 10.8. The van der Waals surface area contributed by atoms with Gasteiger partial charge < -0.3 is 21.5 Å². The first-order valence-electron chi connectivity index (χ1n) is 13.4. The van der Waals surface area contributed by atoms with E-state index < -0.39 is 28.5 Å². The Morgan fingerprint density at radius 1 is 0.909 bits per heavy atom. The molecule has 44 heavy (non-hydrogen) atoms. The quantitative estimate of drug-likeness (QED) is 0.239. The van der Waals surface area contributed by atoms with Crippen LogP contribution < -0.4 is 32.8 Å². The standard InChI is InChI=1S/C31H32Cl2N6O5/c1-31(2,29(35)42)15-36-14-16-12-13-21(37-27(16)44-5)19-10-6-8-17(23(19)32)18-9-7-11-20(24(18)33)25-22(26(34)40)28(41)39(4)30(43)38(25)3/h6-13,36H,14-15H2,1-5H3,(H2,34,40)(H2,35,42). The molecule has 2 heterocycles. The van der Waals surface area contributed by atoms with E-state index in [1.165, 1.54) is 21.2 Å². The molecule has 5 N–H and O–H groups in total. The number of rotatable bonds is 10. The number of aromatic nitrogens is 3. The van der Waals surface area contributed by atoms with Crippen molar-refractivity contribution >= 4 is 35.0 Å². The highest BCUT2D eigenvalue weighted by Crippen LogP contribution is 2.42. The lowest BCUT2D eigenvalue weighted by Crippen LogP contribution is -2.42. The maximum absolute atomic E-state index is 12.8. The molecule has 0 atom stereocenters. The number of ether oxygens (including phenoxy) is 1. The second-order valence-corrected chi connectivity index (χ2v) is 11.6. The molecule has 13 heteroatoms. The Morgan fingerprint density at radius 2 is 1.48 bits per heavy atom. The molecule has 0 unspecified atom stereocenters. The number of nitrogens with one attached hydrogen (secondary N) is 1. The molecular weight excluding hydrogens is 607 g/mol. The van der Waals surface area contributed by atoms with E-state index in [2.05, 4.69) is 10.3 Å². The number of carbonyl (C=O) groups is 2. The summed E-state index contributed by atoms with van der Waals surface area (Å²) >= 11 is 13.9. The van der Waals surface area contributed by atoms with E-state index in [-0.39, 0.29) is 21.8 Å². The molecule has 2 aromatic heterocycles. The molecule has 0 aliphatic heterocycles. The van der Waals surface area contributed by atoms with E-state index in [1.54, 1.807) is 56.3 Å². The molecule has 0 aliphatic carbocycles. The van der Waals surface area contributed by atoms with Crippen molar-refractivity contribution < 1.29 is 14.3 Å². The zero-order chi connectivity index (χ0) is 32.5. The maximum atomic E-state index is 12.8. The highest BCUT2D eigenvalue weighted by atomic mass is 35.5. The number of primary amides is 2. The van der Waals surface area contributed by atoms with E-state index >= 15 is 0 Å². The van der Waals surface area contributed by atoms with Gasteiger partial charge in [-0.1, -0.05) is 65.7 Å². The number of halogens is 2. The van der Waals surface area contributed by atoms with Crippen LogP contribution in [0.2, 0.25) is 10.0 Å².